The molecule has 1 aliphatic rings. The van der Waals surface area contributed by atoms with Gasteiger partial charge in [-0.15, -0.1) is 0 Å². The predicted octanol–water partition coefficient (Wildman–Crippen LogP) is 2.19. The van der Waals surface area contributed by atoms with Crippen LogP contribution in [0.15, 0.2) is 18.2 Å². The third kappa shape index (κ3) is 3.26. The molecular weight excluding hydrogens is 240 g/mol. The van der Waals surface area contributed by atoms with Crippen molar-refractivity contribution in [3.63, 3.8) is 0 Å². The monoisotopic (exact) mass is 262 g/mol. The molecule has 1 heterocycles. The minimum absolute atomic E-state index is 0.0492. The van der Waals surface area contributed by atoms with Gasteiger partial charge in [-0.1, -0.05) is 0 Å². The van der Waals surface area contributed by atoms with E-state index in [0.29, 0.717) is 17.5 Å². The molecular formula is C15H22N2O2. The molecule has 0 aliphatic carbocycles. The molecule has 0 bridgehead atoms. The predicted molar refractivity (Wildman–Crippen MR) is 76.6 cm³/mol. The average molecular weight is 262 g/mol. The zero-order chi connectivity index (χ0) is 13.8. The first kappa shape index (κ1) is 13.9. The highest BCUT2D eigenvalue weighted by atomic mass is 16.5. The molecule has 1 aliphatic heterocycles. The number of amides is 1. The Hall–Kier alpha value is -1.55. The fourth-order valence-electron chi connectivity index (χ4n) is 2.42. The third-order valence-corrected chi connectivity index (χ3v) is 3.77. The number of aryl methyl sites for hydroxylation is 1. The fraction of sp³-hybridized carbons (Fsp3) is 0.533. The van der Waals surface area contributed by atoms with Crippen LogP contribution in [-0.4, -0.2) is 32.2 Å². The molecule has 2 rings (SSSR count). The number of benzene rings is 1. The van der Waals surface area contributed by atoms with Gasteiger partial charge in [-0.25, -0.2) is 0 Å². The number of nitrogens with one attached hydrogen (secondary N) is 2. The van der Waals surface area contributed by atoms with Crippen molar-refractivity contribution >= 4 is 11.6 Å². The highest BCUT2D eigenvalue weighted by Gasteiger charge is 2.22. The second kappa shape index (κ2) is 6.06. The molecule has 0 saturated carbocycles. The summed E-state index contributed by atoms with van der Waals surface area (Å²) < 4.78 is 5.42. The van der Waals surface area contributed by atoms with E-state index < -0.39 is 0 Å². The van der Waals surface area contributed by atoms with Crippen molar-refractivity contribution in [2.45, 2.75) is 26.3 Å². The van der Waals surface area contributed by atoms with Crippen LogP contribution in [0.2, 0.25) is 0 Å². The van der Waals surface area contributed by atoms with Gasteiger partial charge in [0.2, 0.25) is 0 Å². The number of ether oxygens (including phenoxy) is 1. The molecule has 0 aromatic heterocycles. The number of hydrogen-bond donors (Lipinski definition) is 2. The lowest BCUT2D eigenvalue weighted by atomic mass is 9.99. The van der Waals surface area contributed by atoms with Crippen LogP contribution < -0.4 is 10.6 Å². The Balaban J connectivity index is 2.06. The van der Waals surface area contributed by atoms with Crippen molar-refractivity contribution in [3.8, 4) is 0 Å². The highest BCUT2D eigenvalue weighted by Crippen LogP contribution is 2.23. The topological polar surface area (TPSA) is 50.4 Å². The first-order valence-corrected chi connectivity index (χ1v) is 6.79. The van der Waals surface area contributed by atoms with Gasteiger partial charge < -0.3 is 15.4 Å². The summed E-state index contributed by atoms with van der Waals surface area (Å²) in [6.45, 7) is 5.91. The van der Waals surface area contributed by atoms with Crippen molar-refractivity contribution < 1.29 is 9.53 Å². The Morgan fingerprint density at radius 3 is 2.84 bits per heavy atom. The van der Waals surface area contributed by atoms with Gasteiger partial charge in [0.05, 0.1) is 6.61 Å². The quantitative estimate of drug-likeness (QED) is 0.874. The van der Waals surface area contributed by atoms with Crippen LogP contribution in [0, 0.1) is 12.8 Å². The van der Waals surface area contributed by atoms with Crippen molar-refractivity contribution in [2.75, 3.05) is 25.6 Å². The molecule has 1 aromatic carbocycles. The van der Waals surface area contributed by atoms with E-state index in [4.69, 9.17) is 4.74 Å². The summed E-state index contributed by atoms with van der Waals surface area (Å²) in [6, 6.07) is 6.13. The van der Waals surface area contributed by atoms with Crippen molar-refractivity contribution in [3.05, 3.63) is 29.3 Å². The molecule has 19 heavy (non-hydrogen) atoms. The molecule has 2 N–H and O–H groups in total. The van der Waals surface area contributed by atoms with E-state index in [0.717, 1.165) is 30.9 Å². The van der Waals surface area contributed by atoms with Crippen LogP contribution in [0.3, 0.4) is 0 Å². The third-order valence-electron chi connectivity index (χ3n) is 3.77. The normalized spacial score (nSPS) is 20.1. The van der Waals surface area contributed by atoms with E-state index in [-0.39, 0.29) is 5.91 Å². The first-order valence-electron chi connectivity index (χ1n) is 6.79. The zero-order valence-corrected chi connectivity index (χ0v) is 11.8. The average Bonchev–Trinajstić information content (AvgIpc) is 2.94. The maximum Gasteiger partial charge on any atom is 0.251 e. The number of anilines is 1. The maximum atomic E-state index is 11.6. The molecule has 104 valence electrons. The SMILES string of the molecule is CNC(=O)c1ccc(NC(C)C2CCOC2)c(C)c1. The lowest BCUT2D eigenvalue weighted by Gasteiger charge is -2.22. The Kier molecular flexibility index (Phi) is 4.43. The summed E-state index contributed by atoms with van der Waals surface area (Å²) in [4.78, 5) is 11.6. The van der Waals surface area contributed by atoms with E-state index in [1.54, 1.807) is 7.05 Å². The molecule has 4 heteroatoms. The van der Waals surface area contributed by atoms with Gasteiger partial charge in [0.15, 0.2) is 0 Å². The van der Waals surface area contributed by atoms with Gasteiger partial charge >= 0.3 is 0 Å². The summed E-state index contributed by atoms with van der Waals surface area (Å²) in [6.07, 6.45) is 1.11. The second-order valence-electron chi connectivity index (χ2n) is 5.17. The fourth-order valence-corrected chi connectivity index (χ4v) is 2.42. The van der Waals surface area contributed by atoms with E-state index in [2.05, 4.69) is 17.6 Å². The molecule has 1 aromatic rings. The summed E-state index contributed by atoms with van der Waals surface area (Å²) in [5.41, 5.74) is 2.88. The van der Waals surface area contributed by atoms with Crippen LogP contribution in [-0.2, 0) is 4.74 Å². The number of hydrogen-bond acceptors (Lipinski definition) is 3. The molecule has 0 spiro atoms. The van der Waals surface area contributed by atoms with E-state index in [9.17, 15) is 4.79 Å². The summed E-state index contributed by atoms with van der Waals surface area (Å²) in [5.74, 6) is 0.518. The first-order chi connectivity index (χ1) is 9.11. The van der Waals surface area contributed by atoms with Gasteiger partial charge in [-0.3, -0.25) is 4.79 Å². The summed E-state index contributed by atoms with van der Waals surface area (Å²) >= 11 is 0. The summed E-state index contributed by atoms with van der Waals surface area (Å²) in [5, 5.41) is 6.16. The van der Waals surface area contributed by atoms with E-state index in [1.807, 2.05) is 25.1 Å². The van der Waals surface area contributed by atoms with Gasteiger partial charge in [0, 0.05) is 36.9 Å². The Bertz CT molecular complexity index is 453. The minimum atomic E-state index is -0.0492. The molecule has 4 nitrogen and oxygen atoms in total. The zero-order valence-electron chi connectivity index (χ0n) is 11.8. The van der Waals surface area contributed by atoms with Crippen LogP contribution in [0.1, 0.15) is 29.3 Å². The minimum Gasteiger partial charge on any atom is -0.382 e. The molecule has 2 atom stereocenters. The molecule has 0 radical (unpaired) electrons. The highest BCUT2D eigenvalue weighted by molar-refractivity contribution is 5.94. The van der Waals surface area contributed by atoms with Gasteiger partial charge in [-0.05, 0) is 44.0 Å². The van der Waals surface area contributed by atoms with E-state index in [1.165, 1.54) is 0 Å². The van der Waals surface area contributed by atoms with Crippen LogP contribution in [0.5, 0.6) is 0 Å². The Morgan fingerprint density at radius 2 is 2.26 bits per heavy atom. The van der Waals surface area contributed by atoms with Crippen LogP contribution >= 0.6 is 0 Å². The number of carbonyl (C=O) groups excluding carboxylic acids is 1. The largest absolute Gasteiger partial charge is 0.382 e. The van der Waals surface area contributed by atoms with Crippen LogP contribution in [0.4, 0.5) is 5.69 Å². The van der Waals surface area contributed by atoms with Gasteiger partial charge in [0.25, 0.3) is 5.91 Å². The lowest BCUT2D eigenvalue weighted by molar-refractivity contribution is 0.0963. The second-order valence-corrected chi connectivity index (χ2v) is 5.17. The van der Waals surface area contributed by atoms with Crippen molar-refractivity contribution in [1.29, 1.82) is 0 Å². The number of rotatable bonds is 4. The Labute approximate surface area is 114 Å². The van der Waals surface area contributed by atoms with Crippen molar-refractivity contribution in [2.24, 2.45) is 5.92 Å². The Morgan fingerprint density at radius 1 is 1.47 bits per heavy atom. The molecule has 1 saturated heterocycles. The number of carbonyl (C=O) groups is 1. The van der Waals surface area contributed by atoms with Gasteiger partial charge in [0.1, 0.15) is 0 Å². The molecule has 1 amide bonds. The van der Waals surface area contributed by atoms with Gasteiger partial charge in [-0.2, -0.15) is 0 Å². The maximum absolute atomic E-state index is 11.6. The molecule has 1 fully saturated rings. The standard InChI is InChI=1S/C15H22N2O2/c1-10-8-12(15(18)16-3)4-5-14(10)17-11(2)13-6-7-19-9-13/h4-5,8,11,13,17H,6-7,9H2,1-3H3,(H,16,18). The summed E-state index contributed by atoms with van der Waals surface area (Å²) in [7, 11) is 1.64. The van der Waals surface area contributed by atoms with Crippen LogP contribution in [0.25, 0.3) is 0 Å². The molecule has 2 unspecified atom stereocenters. The smallest absolute Gasteiger partial charge is 0.251 e. The van der Waals surface area contributed by atoms with E-state index >= 15 is 0 Å². The lowest BCUT2D eigenvalue weighted by Crippen LogP contribution is -2.26. The van der Waals surface area contributed by atoms with Crippen molar-refractivity contribution in [1.82, 2.24) is 5.32 Å².